The second-order valence-electron chi connectivity index (χ2n) is 8.77. The highest BCUT2D eigenvalue weighted by atomic mass is 79.9. The fraction of sp³-hybridized carbons (Fsp3) is 0.444. The number of Topliss-reactive ketones (excluding diaryl/α,β-unsaturated/α-hetero) is 1. The quantitative estimate of drug-likeness (QED) is 0.189. The Morgan fingerprint density at radius 1 is 1.19 bits per heavy atom. The number of aliphatic hydroxyl groups is 1. The molecule has 0 bridgehead atoms. The van der Waals surface area contributed by atoms with Crippen molar-refractivity contribution >= 4 is 39.3 Å². The number of aryl methyl sites for hydroxylation is 1. The zero-order chi connectivity index (χ0) is 26.6. The summed E-state index contributed by atoms with van der Waals surface area (Å²) in [6.07, 6.45) is 0.689. The first-order chi connectivity index (χ1) is 17.2. The minimum Gasteiger partial charge on any atom is -0.507 e. The first-order valence-corrected chi connectivity index (χ1v) is 13.1. The number of nitrogens with one attached hydrogen (secondary N) is 1. The van der Waals surface area contributed by atoms with Crippen LogP contribution < -0.4 is 0 Å². The van der Waals surface area contributed by atoms with Crippen molar-refractivity contribution in [2.75, 3.05) is 32.8 Å². The predicted molar refractivity (Wildman–Crippen MR) is 142 cm³/mol. The molecular weight excluding hydrogens is 526 g/mol. The highest BCUT2D eigenvalue weighted by Gasteiger charge is 2.46. The Labute approximate surface area is 220 Å². The van der Waals surface area contributed by atoms with E-state index in [2.05, 4.69) is 39.7 Å². The number of aromatic amines is 1. The maximum atomic E-state index is 13.3. The number of H-pyrrole nitrogens is 1. The number of carbonyl (C=O) groups is 3. The van der Waals surface area contributed by atoms with Gasteiger partial charge in [0.25, 0.3) is 11.7 Å². The molecule has 2 N–H and O–H groups in total. The summed E-state index contributed by atoms with van der Waals surface area (Å²) in [5, 5.41) is 11.5. The minimum absolute atomic E-state index is 0.0153. The molecule has 1 fully saturated rings. The van der Waals surface area contributed by atoms with Gasteiger partial charge in [0.2, 0.25) is 0 Å². The van der Waals surface area contributed by atoms with Gasteiger partial charge in [-0.3, -0.25) is 9.59 Å². The molecule has 0 radical (unpaired) electrons. The zero-order valence-electron chi connectivity index (χ0n) is 21.5. The van der Waals surface area contributed by atoms with Gasteiger partial charge in [-0.15, -0.1) is 0 Å². The summed E-state index contributed by atoms with van der Waals surface area (Å²) < 4.78 is 5.92. The van der Waals surface area contributed by atoms with Gasteiger partial charge >= 0.3 is 5.97 Å². The van der Waals surface area contributed by atoms with Gasteiger partial charge in [0.05, 0.1) is 18.2 Å². The third kappa shape index (κ3) is 5.42. The Hall–Kier alpha value is -2.91. The second-order valence-corrected chi connectivity index (χ2v) is 9.69. The number of ketones is 1. The molecule has 1 amide bonds. The number of amides is 1. The monoisotopic (exact) mass is 559 g/mol. The van der Waals surface area contributed by atoms with Crippen molar-refractivity contribution in [2.24, 2.45) is 0 Å². The number of halogens is 1. The summed E-state index contributed by atoms with van der Waals surface area (Å²) in [6, 6.07) is 6.64. The van der Waals surface area contributed by atoms with Gasteiger partial charge < -0.3 is 24.6 Å². The van der Waals surface area contributed by atoms with Crippen LogP contribution >= 0.6 is 15.9 Å². The molecule has 1 aliphatic heterocycles. The third-order valence-corrected chi connectivity index (χ3v) is 7.12. The Morgan fingerprint density at radius 2 is 1.89 bits per heavy atom. The molecule has 3 rings (SSSR count). The Balaban J connectivity index is 2.11. The zero-order valence-corrected chi connectivity index (χ0v) is 23.1. The molecule has 0 saturated carbocycles. The number of esters is 1. The lowest BCUT2D eigenvalue weighted by molar-refractivity contribution is -0.140. The standard InChI is InChI=1S/C27H34BrN3O5/c1-6-30(7-2)13-10-14-31-23(18-11-9-12-19(28)15-18)21(25(33)26(31)34)24(32)20-16(4)22(29-17(20)5)27(35)36-8-3/h9,11-12,15,23,29,32H,6-8,10,13-14H2,1-5H3/b24-21+. The first kappa shape index (κ1) is 27.7. The average Bonchev–Trinajstić information content (AvgIpc) is 3.29. The van der Waals surface area contributed by atoms with Crippen molar-refractivity contribution in [2.45, 2.75) is 47.1 Å². The molecule has 9 heteroatoms. The highest BCUT2D eigenvalue weighted by Crippen LogP contribution is 2.41. The Bertz CT molecular complexity index is 1180. The van der Waals surface area contributed by atoms with Gasteiger partial charge in [0, 0.05) is 22.3 Å². The van der Waals surface area contributed by atoms with Crippen molar-refractivity contribution < 1.29 is 24.2 Å². The second kappa shape index (κ2) is 11.9. The molecule has 1 atom stereocenters. The van der Waals surface area contributed by atoms with Gasteiger partial charge in [-0.2, -0.15) is 0 Å². The Kier molecular flexibility index (Phi) is 9.13. The number of carbonyl (C=O) groups excluding carboxylic acids is 3. The van der Waals surface area contributed by atoms with E-state index in [1.165, 1.54) is 0 Å². The number of benzene rings is 1. The van der Waals surface area contributed by atoms with Crippen molar-refractivity contribution in [1.29, 1.82) is 0 Å². The van der Waals surface area contributed by atoms with Crippen molar-refractivity contribution in [3.05, 3.63) is 62.4 Å². The van der Waals surface area contributed by atoms with Crippen LogP contribution in [0.15, 0.2) is 34.3 Å². The van der Waals surface area contributed by atoms with E-state index in [1.807, 2.05) is 24.3 Å². The number of rotatable bonds is 10. The molecule has 194 valence electrons. The number of nitrogens with zero attached hydrogens (tertiary/aromatic N) is 2. The smallest absolute Gasteiger partial charge is 0.355 e. The van der Waals surface area contributed by atoms with Gasteiger partial charge in [0.15, 0.2) is 0 Å². The molecule has 36 heavy (non-hydrogen) atoms. The van der Waals surface area contributed by atoms with Crippen LogP contribution in [0.5, 0.6) is 0 Å². The van der Waals surface area contributed by atoms with Gasteiger partial charge in [-0.25, -0.2) is 4.79 Å². The van der Waals surface area contributed by atoms with Gasteiger partial charge in [-0.1, -0.05) is 41.9 Å². The van der Waals surface area contributed by atoms with Crippen LogP contribution in [-0.4, -0.2) is 70.3 Å². The number of ether oxygens (including phenoxy) is 1. The molecule has 1 saturated heterocycles. The van der Waals surface area contributed by atoms with Gasteiger partial charge in [0.1, 0.15) is 11.5 Å². The van der Waals surface area contributed by atoms with Crippen LogP contribution in [0.25, 0.3) is 5.76 Å². The summed E-state index contributed by atoms with van der Waals surface area (Å²) >= 11 is 3.48. The fourth-order valence-electron chi connectivity index (χ4n) is 4.79. The van der Waals surface area contributed by atoms with Crippen LogP contribution in [-0.2, 0) is 14.3 Å². The summed E-state index contributed by atoms with van der Waals surface area (Å²) in [4.78, 5) is 45.7. The molecule has 1 aromatic heterocycles. The van der Waals surface area contributed by atoms with Crippen LogP contribution in [0.2, 0.25) is 0 Å². The highest BCUT2D eigenvalue weighted by molar-refractivity contribution is 9.10. The summed E-state index contributed by atoms with van der Waals surface area (Å²) in [6.45, 7) is 12.4. The SMILES string of the molecule is CCOC(=O)c1[nH]c(C)c(/C(O)=C2\C(=O)C(=O)N(CCCN(CC)CC)C2c2cccc(Br)c2)c1C. The maximum absolute atomic E-state index is 13.3. The Morgan fingerprint density at radius 3 is 2.50 bits per heavy atom. The summed E-state index contributed by atoms with van der Waals surface area (Å²) in [5.74, 6) is -2.22. The number of likely N-dealkylation sites (tertiary alicyclic amines) is 1. The summed E-state index contributed by atoms with van der Waals surface area (Å²) in [5.41, 5.74) is 2.24. The number of hydrogen-bond donors (Lipinski definition) is 2. The van der Waals surface area contributed by atoms with E-state index >= 15 is 0 Å². The van der Waals surface area contributed by atoms with Crippen molar-refractivity contribution in [3.8, 4) is 0 Å². The van der Waals surface area contributed by atoms with E-state index in [0.717, 1.165) is 24.1 Å². The number of hydrogen-bond acceptors (Lipinski definition) is 6. The molecule has 1 unspecified atom stereocenters. The third-order valence-electron chi connectivity index (χ3n) is 6.63. The molecular formula is C27H34BrN3O5. The molecule has 2 heterocycles. The van der Waals surface area contributed by atoms with Crippen LogP contribution in [0.1, 0.15) is 66.1 Å². The van der Waals surface area contributed by atoms with E-state index in [-0.39, 0.29) is 23.6 Å². The van der Waals surface area contributed by atoms with E-state index in [9.17, 15) is 19.5 Å². The van der Waals surface area contributed by atoms with E-state index < -0.39 is 23.7 Å². The van der Waals surface area contributed by atoms with Crippen LogP contribution in [0, 0.1) is 13.8 Å². The average molecular weight is 560 g/mol. The molecule has 0 spiro atoms. The van der Waals surface area contributed by atoms with E-state index in [4.69, 9.17) is 4.74 Å². The lowest BCUT2D eigenvalue weighted by Crippen LogP contribution is -2.33. The van der Waals surface area contributed by atoms with Crippen LogP contribution in [0.4, 0.5) is 0 Å². The van der Waals surface area contributed by atoms with Crippen molar-refractivity contribution in [3.63, 3.8) is 0 Å². The van der Waals surface area contributed by atoms with E-state index in [1.54, 1.807) is 25.7 Å². The van der Waals surface area contributed by atoms with Crippen LogP contribution in [0.3, 0.4) is 0 Å². The fourth-order valence-corrected chi connectivity index (χ4v) is 5.20. The molecule has 1 aromatic carbocycles. The number of aliphatic hydroxyl groups excluding tert-OH is 1. The maximum Gasteiger partial charge on any atom is 0.355 e. The number of aromatic nitrogens is 1. The molecule has 8 nitrogen and oxygen atoms in total. The largest absolute Gasteiger partial charge is 0.507 e. The minimum atomic E-state index is -0.751. The molecule has 0 aliphatic carbocycles. The summed E-state index contributed by atoms with van der Waals surface area (Å²) in [7, 11) is 0. The predicted octanol–water partition coefficient (Wildman–Crippen LogP) is 4.72. The van der Waals surface area contributed by atoms with E-state index in [0.29, 0.717) is 35.3 Å². The molecule has 1 aliphatic rings. The topological polar surface area (TPSA) is 103 Å². The van der Waals surface area contributed by atoms with Gasteiger partial charge in [-0.05, 0) is 70.1 Å². The van der Waals surface area contributed by atoms with Crippen molar-refractivity contribution in [1.82, 2.24) is 14.8 Å². The normalized spacial score (nSPS) is 17.3. The first-order valence-electron chi connectivity index (χ1n) is 12.3. The lowest BCUT2D eigenvalue weighted by Gasteiger charge is -2.27. The molecule has 2 aromatic rings. The lowest BCUT2D eigenvalue weighted by atomic mass is 9.94.